The van der Waals surface area contributed by atoms with Crippen molar-refractivity contribution in [2.75, 3.05) is 13.7 Å². The summed E-state index contributed by atoms with van der Waals surface area (Å²) in [6.45, 7) is 4.06. The fourth-order valence-corrected chi connectivity index (χ4v) is 4.71. The zero-order valence-electron chi connectivity index (χ0n) is 19.4. The lowest BCUT2D eigenvalue weighted by atomic mass is 9.98. The van der Waals surface area contributed by atoms with Crippen LogP contribution in [0.15, 0.2) is 48.7 Å². The first-order valence-corrected chi connectivity index (χ1v) is 12.1. The van der Waals surface area contributed by atoms with Crippen molar-refractivity contribution in [2.24, 2.45) is 5.92 Å². The summed E-state index contributed by atoms with van der Waals surface area (Å²) in [4.78, 5) is 11.6. The molecule has 1 aromatic heterocycles. The molecule has 32 heavy (non-hydrogen) atoms. The van der Waals surface area contributed by atoms with Crippen LogP contribution < -0.4 is 4.74 Å². The number of aromatic nitrogens is 1. The highest BCUT2D eigenvalue weighted by Crippen LogP contribution is 2.35. The molecule has 2 aromatic carbocycles. The highest BCUT2D eigenvalue weighted by atomic mass is 16.5. The average molecular weight is 434 g/mol. The number of hydrogen-bond donors (Lipinski definition) is 0. The van der Waals surface area contributed by atoms with Crippen molar-refractivity contribution in [3.63, 3.8) is 0 Å². The molecule has 0 amide bonds. The van der Waals surface area contributed by atoms with E-state index in [1.54, 1.807) is 0 Å². The lowest BCUT2D eigenvalue weighted by Gasteiger charge is -2.16. The first-order valence-electron chi connectivity index (χ1n) is 12.1. The predicted octanol–water partition coefficient (Wildman–Crippen LogP) is 6.78. The van der Waals surface area contributed by atoms with E-state index in [0.29, 0.717) is 18.8 Å². The van der Waals surface area contributed by atoms with E-state index < -0.39 is 0 Å². The fraction of sp³-hybridized carbons (Fsp3) is 0.464. The summed E-state index contributed by atoms with van der Waals surface area (Å²) in [5.41, 5.74) is 4.66. The monoisotopic (exact) mass is 433 g/mol. The van der Waals surface area contributed by atoms with Gasteiger partial charge < -0.3 is 14.0 Å². The minimum absolute atomic E-state index is 0.178. The number of methoxy groups -OCH3 is 1. The van der Waals surface area contributed by atoms with Crippen LogP contribution in [0.5, 0.6) is 5.75 Å². The molecule has 0 atom stereocenters. The van der Waals surface area contributed by atoms with Gasteiger partial charge in [0.05, 0.1) is 13.7 Å². The third-order valence-corrected chi connectivity index (χ3v) is 6.67. The Morgan fingerprint density at radius 3 is 2.72 bits per heavy atom. The van der Waals surface area contributed by atoms with Gasteiger partial charge in [0.15, 0.2) is 0 Å². The largest absolute Gasteiger partial charge is 0.493 e. The Morgan fingerprint density at radius 1 is 1.09 bits per heavy atom. The minimum Gasteiger partial charge on any atom is -0.493 e. The van der Waals surface area contributed by atoms with Crippen LogP contribution in [0, 0.1) is 5.92 Å². The number of rotatable bonds is 10. The number of benzene rings is 2. The molecule has 1 saturated carbocycles. The zero-order chi connectivity index (χ0) is 22.3. The Hall–Kier alpha value is -2.75. The molecule has 4 rings (SSSR count). The summed E-state index contributed by atoms with van der Waals surface area (Å²) in [7, 11) is 1.44. The maximum Gasteiger partial charge on any atom is 0.305 e. The first-order chi connectivity index (χ1) is 15.7. The molecule has 0 unspecified atom stereocenters. The summed E-state index contributed by atoms with van der Waals surface area (Å²) in [6, 6.07) is 15.2. The van der Waals surface area contributed by atoms with E-state index >= 15 is 0 Å². The van der Waals surface area contributed by atoms with Gasteiger partial charge in [-0.05, 0) is 73.1 Å². The molecule has 1 aliphatic carbocycles. The number of fused-ring (bicyclic) bond motifs is 1. The lowest BCUT2D eigenvalue weighted by molar-refractivity contribution is -0.140. The van der Waals surface area contributed by atoms with Crippen LogP contribution >= 0.6 is 0 Å². The molecule has 0 N–H and O–H groups in total. The molecule has 0 aliphatic heterocycles. The van der Waals surface area contributed by atoms with Crippen molar-refractivity contribution in [1.29, 1.82) is 0 Å². The molecule has 3 aromatic rings. The second kappa shape index (κ2) is 10.7. The van der Waals surface area contributed by atoms with Gasteiger partial charge in [-0.2, -0.15) is 0 Å². The van der Waals surface area contributed by atoms with Crippen LogP contribution in [0.2, 0.25) is 0 Å². The van der Waals surface area contributed by atoms with E-state index in [1.165, 1.54) is 56.5 Å². The first kappa shape index (κ1) is 22.4. The summed E-state index contributed by atoms with van der Waals surface area (Å²) in [5.74, 6) is 1.42. The highest BCUT2D eigenvalue weighted by Gasteiger charge is 2.17. The van der Waals surface area contributed by atoms with Crippen molar-refractivity contribution >= 4 is 16.9 Å². The third-order valence-electron chi connectivity index (χ3n) is 6.67. The maximum absolute atomic E-state index is 11.6. The molecule has 1 aliphatic rings. The summed E-state index contributed by atoms with van der Waals surface area (Å²) < 4.78 is 13.5. The van der Waals surface area contributed by atoms with Gasteiger partial charge in [-0.15, -0.1) is 0 Å². The molecular formula is C28H35NO3. The van der Waals surface area contributed by atoms with Crippen LogP contribution in [0.25, 0.3) is 22.0 Å². The number of unbranched alkanes of at least 4 members (excludes halogenated alkanes) is 1. The lowest BCUT2D eigenvalue weighted by Crippen LogP contribution is -2.09. The molecule has 1 heterocycles. The van der Waals surface area contributed by atoms with Gasteiger partial charge in [0.1, 0.15) is 5.75 Å². The van der Waals surface area contributed by atoms with Crippen molar-refractivity contribution in [1.82, 2.24) is 4.57 Å². The standard InChI is InChI=1S/C28H35NO3/c1-3-4-16-29-17-15-24-19-23(11-12-26(24)29)25-18-21(10-14-28(30)31-2)9-13-27(25)32-20-22-7-5-6-8-22/h9,11-13,15,17-19,22H,3-8,10,14,16,20H2,1-2H3. The van der Waals surface area contributed by atoms with Crippen molar-refractivity contribution < 1.29 is 14.3 Å². The third kappa shape index (κ3) is 5.35. The minimum atomic E-state index is -0.178. The van der Waals surface area contributed by atoms with Crippen LogP contribution in [0.1, 0.15) is 57.4 Å². The Morgan fingerprint density at radius 2 is 1.94 bits per heavy atom. The van der Waals surface area contributed by atoms with Crippen LogP contribution in [0.4, 0.5) is 0 Å². The molecule has 4 nitrogen and oxygen atoms in total. The molecule has 0 spiro atoms. The Bertz CT molecular complexity index is 1050. The van der Waals surface area contributed by atoms with Crippen molar-refractivity contribution in [3.05, 3.63) is 54.2 Å². The van der Waals surface area contributed by atoms with Crippen LogP contribution in [-0.2, 0) is 22.5 Å². The van der Waals surface area contributed by atoms with Gasteiger partial charge in [0, 0.05) is 35.6 Å². The van der Waals surface area contributed by atoms with E-state index in [0.717, 1.165) is 35.6 Å². The van der Waals surface area contributed by atoms with E-state index in [9.17, 15) is 4.79 Å². The van der Waals surface area contributed by atoms with Crippen LogP contribution in [-0.4, -0.2) is 24.3 Å². The average Bonchev–Trinajstić information content (AvgIpc) is 3.49. The maximum atomic E-state index is 11.6. The van der Waals surface area contributed by atoms with Crippen molar-refractivity contribution in [3.8, 4) is 16.9 Å². The molecule has 4 heteroatoms. The fourth-order valence-electron chi connectivity index (χ4n) is 4.71. The number of hydrogen-bond acceptors (Lipinski definition) is 3. The number of ether oxygens (including phenoxy) is 2. The van der Waals surface area contributed by atoms with E-state index in [1.807, 2.05) is 0 Å². The van der Waals surface area contributed by atoms with Crippen molar-refractivity contribution in [2.45, 2.75) is 64.8 Å². The predicted molar refractivity (Wildman–Crippen MR) is 130 cm³/mol. The van der Waals surface area contributed by atoms with Crippen LogP contribution in [0.3, 0.4) is 0 Å². The zero-order valence-corrected chi connectivity index (χ0v) is 19.4. The molecule has 170 valence electrons. The number of carbonyl (C=O) groups excluding carboxylic acids is 1. The molecule has 0 saturated heterocycles. The number of carbonyl (C=O) groups is 1. The molecule has 1 fully saturated rings. The van der Waals surface area contributed by atoms with E-state index in [4.69, 9.17) is 9.47 Å². The SMILES string of the molecule is CCCCn1ccc2cc(-c3cc(CCC(=O)OC)ccc3OCC3CCCC3)ccc21. The highest BCUT2D eigenvalue weighted by molar-refractivity contribution is 5.87. The molecular weight excluding hydrogens is 398 g/mol. The van der Waals surface area contributed by atoms with Gasteiger partial charge in [-0.1, -0.05) is 38.3 Å². The quantitative estimate of drug-likeness (QED) is 0.331. The second-order valence-corrected chi connectivity index (χ2v) is 9.00. The topological polar surface area (TPSA) is 40.5 Å². The molecule has 0 bridgehead atoms. The van der Waals surface area contributed by atoms with Gasteiger partial charge in [-0.3, -0.25) is 4.79 Å². The number of esters is 1. The Kier molecular flexibility index (Phi) is 7.51. The van der Waals surface area contributed by atoms with E-state index in [-0.39, 0.29) is 5.97 Å². The van der Waals surface area contributed by atoms with Gasteiger partial charge in [0.2, 0.25) is 0 Å². The summed E-state index contributed by atoms with van der Waals surface area (Å²) >= 11 is 0. The normalized spacial score (nSPS) is 14.2. The van der Waals surface area contributed by atoms with Gasteiger partial charge >= 0.3 is 5.97 Å². The summed E-state index contributed by atoms with van der Waals surface area (Å²) in [5, 5.41) is 1.25. The second-order valence-electron chi connectivity index (χ2n) is 9.00. The Balaban J connectivity index is 1.62. The number of aryl methyl sites for hydroxylation is 2. The molecule has 0 radical (unpaired) electrons. The smallest absolute Gasteiger partial charge is 0.305 e. The van der Waals surface area contributed by atoms with Gasteiger partial charge in [-0.25, -0.2) is 0 Å². The van der Waals surface area contributed by atoms with Gasteiger partial charge in [0.25, 0.3) is 0 Å². The van der Waals surface area contributed by atoms with E-state index in [2.05, 4.69) is 60.2 Å². The number of nitrogens with zero attached hydrogens (tertiary/aromatic N) is 1. The Labute approximate surface area is 191 Å². The summed E-state index contributed by atoms with van der Waals surface area (Å²) in [6.07, 6.45) is 10.8.